The van der Waals surface area contributed by atoms with Crippen LogP contribution in [0.2, 0.25) is 0 Å². The van der Waals surface area contributed by atoms with E-state index in [4.69, 9.17) is 4.74 Å². The first-order valence-corrected chi connectivity index (χ1v) is 8.52. The molecule has 2 rings (SSSR count). The standard InChI is InChI=1S/C15H17N3O5S/c1-9-12(14(19)23-6-7-24-2)13(17-15(20)16-9)10-4-3-5-11(8-10)18(21)22/h3-5,8,13H,6-7H2,1-2H3,(H2,16,17,20)/t13-/m0/s1. The van der Waals surface area contributed by atoms with Crippen LogP contribution in [0, 0.1) is 10.1 Å². The number of ether oxygens (including phenoxy) is 1. The number of non-ortho nitro benzene ring substituents is 1. The number of carbonyl (C=O) groups is 2. The number of allylic oxidation sites excluding steroid dienone is 1. The molecule has 2 N–H and O–H groups in total. The number of nitro groups is 1. The molecule has 0 saturated carbocycles. The molecule has 0 spiro atoms. The number of hydrogen-bond acceptors (Lipinski definition) is 6. The lowest BCUT2D eigenvalue weighted by atomic mass is 9.95. The maximum absolute atomic E-state index is 12.4. The molecular weight excluding hydrogens is 334 g/mol. The van der Waals surface area contributed by atoms with E-state index in [1.165, 1.54) is 18.2 Å². The third-order valence-electron chi connectivity index (χ3n) is 3.42. The molecule has 128 valence electrons. The van der Waals surface area contributed by atoms with Crippen molar-refractivity contribution in [2.45, 2.75) is 13.0 Å². The summed E-state index contributed by atoms with van der Waals surface area (Å²) in [6.07, 6.45) is 1.90. The highest BCUT2D eigenvalue weighted by molar-refractivity contribution is 7.98. The number of benzene rings is 1. The largest absolute Gasteiger partial charge is 0.461 e. The third-order valence-corrected chi connectivity index (χ3v) is 4.00. The van der Waals surface area contributed by atoms with Crippen molar-refractivity contribution in [2.24, 2.45) is 0 Å². The number of amides is 2. The Labute approximate surface area is 142 Å². The monoisotopic (exact) mass is 351 g/mol. The number of carbonyl (C=O) groups excluding carboxylic acids is 2. The molecule has 1 aliphatic rings. The maximum atomic E-state index is 12.4. The first-order valence-electron chi connectivity index (χ1n) is 7.12. The number of hydrogen-bond donors (Lipinski definition) is 2. The van der Waals surface area contributed by atoms with Crippen LogP contribution >= 0.6 is 11.8 Å². The lowest BCUT2D eigenvalue weighted by molar-refractivity contribution is -0.384. The second-order valence-corrected chi connectivity index (χ2v) is 6.04. The molecule has 0 bridgehead atoms. The van der Waals surface area contributed by atoms with Crippen molar-refractivity contribution in [3.8, 4) is 0 Å². The van der Waals surface area contributed by atoms with Crippen molar-refractivity contribution < 1.29 is 19.2 Å². The molecule has 24 heavy (non-hydrogen) atoms. The predicted octanol–water partition coefficient (Wildman–Crippen LogP) is 2.13. The van der Waals surface area contributed by atoms with Crippen LogP contribution in [0.3, 0.4) is 0 Å². The molecule has 0 saturated heterocycles. The van der Waals surface area contributed by atoms with Gasteiger partial charge in [0.15, 0.2) is 0 Å². The Hall–Kier alpha value is -2.55. The van der Waals surface area contributed by atoms with Crippen LogP contribution in [-0.4, -0.2) is 35.5 Å². The van der Waals surface area contributed by atoms with Gasteiger partial charge in [-0.2, -0.15) is 11.8 Å². The highest BCUT2D eigenvalue weighted by atomic mass is 32.2. The molecule has 9 heteroatoms. The van der Waals surface area contributed by atoms with Gasteiger partial charge in [-0.05, 0) is 18.7 Å². The summed E-state index contributed by atoms with van der Waals surface area (Å²) in [6, 6.07) is 4.52. The van der Waals surface area contributed by atoms with Crippen LogP contribution in [-0.2, 0) is 9.53 Å². The normalized spacial score (nSPS) is 17.1. The van der Waals surface area contributed by atoms with Gasteiger partial charge in [0.2, 0.25) is 0 Å². The van der Waals surface area contributed by atoms with Gasteiger partial charge in [0, 0.05) is 23.6 Å². The highest BCUT2D eigenvalue weighted by Gasteiger charge is 2.32. The highest BCUT2D eigenvalue weighted by Crippen LogP contribution is 2.29. The summed E-state index contributed by atoms with van der Waals surface area (Å²) in [5.74, 6) is 0.0878. The van der Waals surface area contributed by atoms with Crippen LogP contribution in [0.4, 0.5) is 10.5 Å². The maximum Gasteiger partial charge on any atom is 0.338 e. The van der Waals surface area contributed by atoms with Crippen molar-refractivity contribution in [3.05, 3.63) is 51.2 Å². The van der Waals surface area contributed by atoms with E-state index in [0.717, 1.165) is 0 Å². The molecule has 0 fully saturated rings. The summed E-state index contributed by atoms with van der Waals surface area (Å²) in [5.41, 5.74) is 0.920. The van der Waals surface area contributed by atoms with Gasteiger partial charge < -0.3 is 15.4 Å². The Bertz CT molecular complexity index is 704. The summed E-state index contributed by atoms with van der Waals surface area (Å²) >= 11 is 1.54. The average Bonchev–Trinajstić information content (AvgIpc) is 2.54. The van der Waals surface area contributed by atoms with Crippen molar-refractivity contribution >= 4 is 29.4 Å². The van der Waals surface area contributed by atoms with Crippen LogP contribution in [0.1, 0.15) is 18.5 Å². The van der Waals surface area contributed by atoms with E-state index in [1.807, 2.05) is 6.26 Å². The fraction of sp³-hybridized carbons (Fsp3) is 0.333. The van der Waals surface area contributed by atoms with E-state index in [9.17, 15) is 19.7 Å². The van der Waals surface area contributed by atoms with Gasteiger partial charge in [0.1, 0.15) is 6.61 Å². The van der Waals surface area contributed by atoms with E-state index >= 15 is 0 Å². The number of esters is 1. The van der Waals surface area contributed by atoms with Gasteiger partial charge in [-0.25, -0.2) is 9.59 Å². The van der Waals surface area contributed by atoms with Crippen LogP contribution in [0.5, 0.6) is 0 Å². The number of nitrogens with one attached hydrogen (secondary N) is 2. The number of thioether (sulfide) groups is 1. The number of rotatable bonds is 6. The molecular formula is C15H17N3O5S. The molecule has 8 nitrogen and oxygen atoms in total. The molecule has 1 atom stereocenters. The first-order chi connectivity index (χ1) is 11.4. The number of nitro benzene ring substituents is 1. The number of nitrogens with zero attached hydrogens (tertiary/aromatic N) is 1. The topological polar surface area (TPSA) is 111 Å². The van der Waals surface area contributed by atoms with E-state index < -0.39 is 23.0 Å². The van der Waals surface area contributed by atoms with E-state index in [2.05, 4.69) is 10.6 Å². The quantitative estimate of drug-likeness (QED) is 0.351. The van der Waals surface area contributed by atoms with Crippen LogP contribution in [0.15, 0.2) is 35.5 Å². The minimum Gasteiger partial charge on any atom is -0.461 e. The second-order valence-electron chi connectivity index (χ2n) is 5.05. The fourth-order valence-corrected chi connectivity index (χ4v) is 2.58. The number of urea groups is 1. The smallest absolute Gasteiger partial charge is 0.338 e. The SMILES string of the molecule is CSCCOC(=O)C1=C(C)NC(=O)N[C@H]1c1cccc([N+](=O)[O-])c1. The molecule has 1 aliphatic heterocycles. The van der Waals surface area contributed by atoms with E-state index in [-0.39, 0.29) is 17.9 Å². The molecule has 1 aromatic rings. The lowest BCUT2D eigenvalue weighted by Crippen LogP contribution is -2.45. The molecule has 1 aromatic carbocycles. The lowest BCUT2D eigenvalue weighted by Gasteiger charge is -2.28. The molecule has 0 radical (unpaired) electrons. The van der Waals surface area contributed by atoms with Gasteiger partial charge in [-0.15, -0.1) is 0 Å². The molecule has 0 unspecified atom stereocenters. The Kier molecular flexibility index (Phi) is 5.80. The minimum atomic E-state index is -0.805. The van der Waals surface area contributed by atoms with Crippen molar-refractivity contribution in [1.29, 1.82) is 0 Å². The Morgan fingerprint density at radius 2 is 2.21 bits per heavy atom. The zero-order valence-corrected chi connectivity index (χ0v) is 14.0. The average molecular weight is 351 g/mol. The van der Waals surface area contributed by atoms with E-state index in [0.29, 0.717) is 17.0 Å². The summed E-state index contributed by atoms with van der Waals surface area (Å²) in [7, 11) is 0. The van der Waals surface area contributed by atoms with Gasteiger partial charge in [-0.3, -0.25) is 10.1 Å². The van der Waals surface area contributed by atoms with Crippen molar-refractivity contribution in [2.75, 3.05) is 18.6 Å². The van der Waals surface area contributed by atoms with E-state index in [1.54, 1.807) is 24.8 Å². The van der Waals surface area contributed by atoms with Gasteiger partial charge in [0.05, 0.1) is 16.5 Å². The summed E-state index contributed by atoms with van der Waals surface area (Å²) in [5, 5.41) is 16.1. The zero-order valence-electron chi connectivity index (χ0n) is 13.2. The molecule has 0 aromatic heterocycles. The minimum absolute atomic E-state index is 0.118. The summed E-state index contributed by atoms with van der Waals surface area (Å²) < 4.78 is 5.21. The van der Waals surface area contributed by atoms with Gasteiger partial charge in [-0.1, -0.05) is 12.1 Å². The van der Waals surface area contributed by atoms with Crippen LogP contribution in [0.25, 0.3) is 0 Å². The summed E-state index contributed by atoms with van der Waals surface area (Å²) in [4.78, 5) is 34.6. The van der Waals surface area contributed by atoms with Crippen molar-refractivity contribution in [1.82, 2.24) is 10.6 Å². The first kappa shape index (κ1) is 17.8. The molecule has 1 heterocycles. The second kappa shape index (κ2) is 7.82. The molecule has 0 aliphatic carbocycles. The summed E-state index contributed by atoms with van der Waals surface area (Å²) in [6.45, 7) is 1.83. The zero-order chi connectivity index (χ0) is 17.7. The molecule has 2 amide bonds. The third kappa shape index (κ3) is 4.05. The van der Waals surface area contributed by atoms with Gasteiger partial charge in [0.25, 0.3) is 5.69 Å². The van der Waals surface area contributed by atoms with Crippen molar-refractivity contribution in [3.63, 3.8) is 0 Å². The Morgan fingerprint density at radius 1 is 1.46 bits per heavy atom. The van der Waals surface area contributed by atoms with Gasteiger partial charge >= 0.3 is 12.0 Å². The van der Waals surface area contributed by atoms with Crippen LogP contribution < -0.4 is 10.6 Å². The predicted molar refractivity (Wildman–Crippen MR) is 89.5 cm³/mol. The Morgan fingerprint density at radius 3 is 2.88 bits per heavy atom. The Balaban J connectivity index is 2.36. The fourth-order valence-electron chi connectivity index (χ4n) is 2.33.